The van der Waals surface area contributed by atoms with Gasteiger partial charge in [0.1, 0.15) is 0 Å². The Hall–Kier alpha value is -3.88. The fourth-order valence-electron chi connectivity index (χ4n) is 4.15. The van der Waals surface area contributed by atoms with E-state index in [4.69, 9.17) is 11.6 Å². The first-order valence-electron chi connectivity index (χ1n) is 13.6. The Morgan fingerprint density at radius 1 is 0.805 bits per heavy atom. The number of urea groups is 1. The summed E-state index contributed by atoms with van der Waals surface area (Å²) in [5.74, 6) is -0.409. The minimum Gasteiger partial charge on any atom is -0.324 e. The minimum atomic E-state index is -0.296. The Bertz CT molecular complexity index is 1340. The largest absolute Gasteiger partial charge is 0.324 e. The molecule has 0 saturated heterocycles. The Morgan fingerprint density at radius 2 is 1.46 bits per heavy atom. The van der Waals surface area contributed by atoms with Gasteiger partial charge in [-0.1, -0.05) is 62.7 Å². The Morgan fingerprint density at radius 3 is 2.07 bits per heavy atom. The van der Waals surface area contributed by atoms with Crippen LogP contribution >= 0.6 is 11.6 Å². The van der Waals surface area contributed by atoms with E-state index in [0.29, 0.717) is 47.2 Å². The molecule has 0 saturated carbocycles. The van der Waals surface area contributed by atoms with Crippen LogP contribution in [0.4, 0.5) is 21.9 Å². The molecule has 0 unspecified atom stereocenters. The summed E-state index contributed by atoms with van der Waals surface area (Å²) < 4.78 is 0. The van der Waals surface area contributed by atoms with Gasteiger partial charge in [0, 0.05) is 35.8 Å². The lowest BCUT2D eigenvalue weighted by Crippen LogP contribution is -2.36. The summed E-state index contributed by atoms with van der Waals surface area (Å²) in [6.07, 6.45) is 1.17. The molecule has 0 aromatic heterocycles. The van der Waals surface area contributed by atoms with Crippen molar-refractivity contribution in [3.63, 3.8) is 0 Å². The van der Waals surface area contributed by atoms with Crippen molar-refractivity contribution in [2.75, 3.05) is 43.1 Å². The molecule has 3 rings (SSSR count). The average Bonchev–Trinajstić information content (AvgIpc) is 2.88. The van der Waals surface area contributed by atoms with E-state index >= 15 is 0 Å². The van der Waals surface area contributed by atoms with Crippen LogP contribution in [0.25, 0.3) is 0 Å². The number of anilines is 3. The number of hydrogen-bond donors (Lipinski definition) is 3. The second-order valence-corrected chi connectivity index (χ2v) is 11.9. The fraction of sp³-hybridized carbons (Fsp3) is 0.344. The molecule has 0 radical (unpaired) electrons. The summed E-state index contributed by atoms with van der Waals surface area (Å²) in [5, 5.41) is 9.27. The quantitative estimate of drug-likeness (QED) is 0.230. The second kappa shape index (κ2) is 14.7. The molecule has 9 heteroatoms. The van der Waals surface area contributed by atoms with Gasteiger partial charge in [0.2, 0.25) is 5.91 Å². The van der Waals surface area contributed by atoms with Crippen molar-refractivity contribution in [1.29, 1.82) is 0 Å². The number of nitrogens with one attached hydrogen (secondary N) is 3. The standard InChI is InChI=1S/C32H40ClN5O3/c1-32(2,3)21-29(39)35-27-12-6-7-13-28(27)36-30(40)24-16-14-23(15-17-24)22-38(19-9-18-37(4)5)31(41)34-26-11-8-10-25(33)20-26/h6-8,10-17,20H,9,18-19,21-22H2,1-5H3,(H,34,41)(H,35,39)(H,36,40). The number of nitrogens with zero attached hydrogens (tertiary/aromatic N) is 2. The van der Waals surface area contributed by atoms with Crippen molar-refractivity contribution in [3.8, 4) is 0 Å². The molecule has 3 aromatic rings. The maximum atomic E-state index is 13.1. The molecule has 0 aliphatic carbocycles. The normalized spacial score (nSPS) is 11.2. The van der Waals surface area contributed by atoms with Crippen LogP contribution in [0, 0.1) is 5.41 Å². The molecule has 0 fully saturated rings. The zero-order valence-electron chi connectivity index (χ0n) is 24.5. The highest BCUT2D eigenvalue weighted by Crippen LogP contribution is 2.25. The van der Waals surface area contributed by atoms with Crippen molar-refractivity contribution in [2.45, 2.75) is 40.2 Å². The van der Waals surface area contributed by atoms with E-state index in [1.165, 1.54) is 0 Å². The van der Waals surface area contributed by atoms with Gasteiger partial charge in [-0.05, 0) is 80.5 Å². The number of benzene rings is 3. The number of carbonyl (C=O) groups is 3. The summed E-state index contributed by atoms with van der Waals surface area (Å²) in [6, 6.07) is 21.1. The molecule has 8 nitrogen and oxygen atoms in total. The van der Waals surface area contributed by atoms with Crippen LogP contribution in [-0.4, -0.2) is 54.8 Å². The highest BCUT2D eigenvalue weighted by Gasteiger charge is 2.18. The number of para-hydroxylation sites is 2. The number of halogens is 1. The summed E-state index contributed by atoms with van der Waals surface area (Å²) >= 11 is 6.08. The topological polar surface area (TPSA) is 93.8 Å². The van der Waals surface area contributed by atoms with Gasteiger partial charge >= 0.3 is 6.03 Å². The SMILES string of the molecule is CN(C)CCCN(Cc1ccc(C(=O)Nc2ccccc2NC(=O)CC(C)(C)C)cc1)C(=O)Nc1cccc(Cl)c1. The molecular formula is C32H40ClN5O3. The Labute approximate surface area is 248 Å². The summed E-state index contributed by atoms with van der Waals surface area (Å²) in [6.45, 7) is 7.78. The summed E-state index contributed by atoms with van der Waals surface area (Å²) in [7, 11) is 4.00. The van der Waals surface area contributed by atoms with Crippen molar-refractivity contribution >= 4 is 46.5 Å². The molecule has 0 aliphatic heterocycles. The molecule has 3 N–H and O–H groups in total. The first-order valence-corrected chi connectivity index (χ1v) is 14.0. The third kappa shape index (κ3) is 10.9. The summed E-state index contributed by atoms with van der Waals surface area (Å²) in [4.78, 5) is 42.5. The monoisotopic (exact) mass is 577 g/mol. The van der Waals surface area contributed by atoms with Gasteiger partial charge in [0.05, 0.1) is 11.4 Å². The van der Waals surface area contributed by atoms with Gasteiger partial charge in [-0.3, -0.25) is 9.59 Å². The number of carbonyl (C=O) groups excluding carboxylic acids is 3. The highest BCUT2D eigenvalue weighted by atomic mass is 35.5. The first-order chi connectivity index (χ1) is 19.4. The van der Waals surface area contributed by atoms with Gasteiger partial charge in [-0.25, -0.2) is 4.79 Å². The van der Waals surface area contributed by atoms with Crippen molar-refractivity contribution in [1.82, 2.24) is 9.80 Å². The van der Waals surface area contributed by atoms with Crippen molar-refractivity contribution in [2.24, 2.45) is 5.41 Å². The lowest BCUT2D eigenvalue weighted by molar-refractivity contribution is -0.117. The van der Waals surface area contributed by atoms with Gasteiger partial charge in [-0.15, -0.1) is 0 Å². The van der Waals surface area contributed by atoms with E-state index < -0.39 is 0 Å². The second-order valence-electron chi connectivity index (χ2n) is 11.5. The fourth-order valence-corrected chi connectivity index (χ4v) is 4.34. The smallest absolute Gasteiger partial charge is 0.322 e. The van der Waals surface area contributed by atoms with Gasteiger partial charge in [0.15, 0.2) is 0 Å². The van der Waals surface area contributed by atoms with E-state index in [0.717, 1.165) is 18.5 Å². The predicted octanol–water partition coefficient (Wildman–Crippen LogP) is 6.95. The molecule has 3 aromatic carbocycles. The molecule has 0 bridgehead atoms. The van der Waals surface area contributed by atoms with Crippen molar-refractivity contribution in [3.05, 3.63) is 88.9 Å². The van der Waals surface area contributed by atoms with Crippen LogP contribution in [0.15, 0.2) is 72.8 Å². The lowest BCUT2D eigenvalue weighted by atomic mass is 9.92. The summed E-state index contributed by atoms with van der Waals surface area (Å²) in [5.41, 5.74) is 2.90. The van der Waals surface area contributed by atoms with Gasteiger partial charge in [-0.2, -0.15) is 0 Å². The Balaban J connectivity index is 1.67. The van der Waals surface area contributed by atoms with Crippen LogP contribution in [-0.2, 0) is 11.3 Å². The zero-order chi connectivity index (χ0) is 30.0. The maximum Gasteiger partial charge on any atom is 0.322 e. The molecular weight excluding hydrogens is 538 g/mol. The third-order valence-corrected chi connectivity index (χ3v) is 6.36. The highest BCUT2D eigenvalue weighted by molar-refractivity contribution is 6.30. The molecule has 0 spiro atoms. The molecule has 0 aliphatic rings. The molecule has 41 heavy (non-hydrogen) atoms. The number of hydrogen-bond acceptors (Lipinski definition) is 4. The lowest BCUT2D eigenvalue weighted by Gasteiger charge is -2.24. The van der Waals surface area contributed by atoms with Crippen LogP contribution in [0.2, 0.25) is 5.02 Å². The van der Waals surface area contributed by atoms with Crippen LogP contribution < -0.4 is 16.0 Å². The third-order valence-electron chi connectivity index (χ3n) is 6.13. The van der Waals surface area contributed by atoms with E-state index in [9.17, 15) is 14.4 Å². The maximum absolute atomic E-state index is 13.1. The van der Waals surface area contributed by atoms with Crippen LogP contribution in [0.5, 0.6) is 0 Å². The van der Waals surface area contributed by atoms with E-state index in [1.807, 2.05) is 53.1 Å². The molecule has 0 heterocycles. The number of rotatable bonds is 11. The van der Waals surface area contributed by atoms with E-state index in [1.54, 1.807) is 59.5 Å². The zero-order valence-corrected chi connectivity index (χ0v) is 25.2. The number of amides is 4. The van der Waals surface area contributed by atoms with Crippen molar-refractivity contribution < 1.29 is 14.4 Å². The first kappa shape index (κ1) is 31.6. The molecule has 4 amide bonds. The van der Waals surface area contributed by atoms with E-state index in [-0.39, 0.29) is 23.3 Å². The molecule has 0 atom stereocenters. The van der Waals surface area contributed by atoms with E-state index in [2.05, 4.69) is 20.9 Å². The predicted molar refractivity (Wildman–Crippen MR) is 168 cm³/mol. The molecule has 218 valence electrons. The average molecular weight is 578 g/mol. The minimum absolute atomic E-state index is 0.113. The Kier molecular flexibility index (Phi) is 11.3. The van der Waals surface area contributed by atoms with Gasteiger partial charge in [0.25, 0.3) is 5.91 Å². The van der Waals surface area contributed by atoms with Crippen LogP contribution in [0.1, 0.15) is 49.5 Å². The van der Waals surface area contributed by atoms with Crippen LogP contribution in [0.3, 0.4) is 0 Å². The van der Waals surface area contributed by atoms with Gasteiger partial charge < -0.3 is 25.8 Å².